The number of aromatic hydroxyl groups is 1. The molecule has 18 nitrogen and oxygen atoms in total. The number of phenolic OH excluding ortho intramolecular Hbond substituents is 1. The summed E-state index contributed by atoms with van der Waals surface area (Å²) < 4.78 is 105. The standard InChI is InChI=1S/C30H21N5O13S4/c31-23-14-21-16(12-28(23)52(44,45)46)11-26(49-48-47-37)29(30(21)36)35-34-25-9-8-24(20-7-5-18(13-22(20)25)50(38,39)40)33-32-17-4-6-19-15(10-17)2-1-3-27(19)51(41,42)43/h1-14,36-37H,31H2,(H,38,39,40)(H,41,42,43)(H,44,45,46). The molecule has 0 spiro atoms. The molecule has 0 saturated carbocycles. The van der Waals surface area contributed by atoms with Crippen molar-refractivity contribution in [1.29, 1.82) is 0 Å². The molecule has 0 heterocycles. The predicted molar refractivity (Wildman–Crippen MR) is 186 cm³/mol. The highest BCUT2D eigenvalue weighted by Crippen LogP contribution is 2.46. The van der Waals surface area contributed by atoms with Gasteiger partial charge in [-0.25, -0.2) is 5.26 Å². The molecule has 0 unspecified atom stereocenters. The largest absolute Gasteiger partial charge is 0.505 e. The van der Waals surface area contributed by atoms with E-state index >= 15 is 0 Å². The first-order chi connectivity index (χ1) is 24.5. The van der Waals surface area contributed by atoms with Gasteiger partial charge in [-0.05, 0) is 71.4 Å². The molecule has 0 aliphatic rings. The third kappa shape index (κ3) is 7.42. The molecule has 0 aliphatic carbocycles. The molecule has 52 heavy (non-hydrogen) atoms. The molecule has 0 fully saturated rings. The quantitative estimate of drug-likeness (QED) is 0.0196. The molecule has 0 bridgehead atoms. The van der Waals surface area contributed by atoms with Crippen molar-refractivity contribution in [3.63, 3.8) is 0 Å². The average molecular weight is 788 g/mol. The zero-order valence-electron chi connectivity index (χ0n) is 25.6. The number of azo groups is 2. The van der Waals surface area contributed by atoms with Crippen LogP contribution in [0.3, 0.4) is 0 Å². The van der Waals surface area contributed by atoms with Crippen molar-refractivity contribution < 1.29 is 58.6 Å². The zero-order valence-corrected chi connectivity index (χ0v) is 28.9. The van der Waals surface area contributed by atoms with E-state index in [0.717, 1.165) is 24.3 Å². The number of rotatable bonds is 10. The normalized spacial score (nSPS) is 12.9. The van der Waals surface area contributed by atoms with Crippen LogP contribution in [0.15, 0.2) is 125 Å². The Morgan fingerprint density at radius 1 is 0.615 bits per heavy atom. The van der Waals surface area contributed by atoms with Crippen LogP contribution in [-0.4, -0.2) is 49.3 Å². The molecule has 22 heteroatoms. The maximum absolute atomic E-state index is 12.0. The van der Waals surface area contributed by atoms with Gasteiger partial charge in [0.15, 0.2) is 5.75 Å². The van der Waals surface area contributed by atoms with Crippen molar-refractivity contribution in [2.24, 2.45) is 20.5 Å². The Morgan fingerprint density at radius 2 is 1.29 bits per heavy atom. The third-order valence-electron chi connectivity index (χ3n) is 7.49. The average Bonchev–Trinajstić information content (AvgIpc) is 3.08. The lowest BCUT2D eigenvalue weighted by Gasteiger charge is -2.11. The minimum Gasteiger partial charge on any atom is -0.505 e. The summed E-state index contributed by atoms with van der Waals surface area (Å²) >= 11 is 0.336. The van der Waals surface area contributed by atoms with E-state index < -0.39 is 51.6 Å². The molecule has 0 saturated heterocycles. The molecule has 6 aromatic carbocycles. The van der Waals surface area contributed by atoms with E-state index in [9.17, 15) is 44.0 Å². The lowest BCUT2D eigenvalue weighted by Crippen LogP contribution is -2.03. The molecule has 0 aliphatic heterocycles. The molecule has 268 valence electrons. The molecule has 0 aromatic heterocycles. The topological polar surface area (TPSA) is 297 Å². The van der Waals surface area contributed by atoms with E-state index in [1.165, 1.54) is 54.6 Å². The number of hydrogen-bond donors (Lipinski definition) is 6. The molecule has 0 radical (unpaired) electrons. The Morgan fingerprint density at radius 3 is 1.96 bits per heavy atom. The van der Waals surface area contributed by atoms with Gasteiger partial charge in [0.25, 0.3) is 30.4 Å². The fourth-order valence-electron chi connectivity index (χ4n) is 5.20. The van der Waals surface area contributed by atoms with Crippen molar-refractivity contribution in [3.8, 4) is 5.75 Å². The van der Waals surface area contributed by atoms with E-state index in [0.29, 0.717) is 23.1 Å². The molecular formula is C30H21N5O13S4. The summed E-state index contributed by atoms with van der Waals surface area (Å²) in [5.41, 5.74) is 5.60. The fraction of sp³-hybridized carbons (Fsp3) is 0. The second-order valence-electron chi connectivity index (χ2n) is 10.7. The number of hydrogen-bond acceptors (Lipinski definition) is 16. The van der Waals surface area contributed by atoms with Gasteiger partial charge in [-0.2, -0.15) is 30.4 Å². The number of nitrogens with zero attached hydrogens (tertiary/aromatic N) is 4. The van der Waals surface area contributed by atoms with Gasteiger partial charge in [-0.3, -0.25) is 13.7 Å². The minimum atomic E-state index is -4.75. The van der Waals surface area contributed by atoms with E-state index in [1.54, 1.807) is 6.07 Å². The molecule has 7 N–H and O–H groups in total. The highest BCUT2D eigenvalue weighted by Gasteiger charge is 2.21. The molecular weight excluding hydrogens is 767 g/mol. The summed E-state index contributed by atoms with van der Waals surface area (Å²) in [7, 11) is -13.9. The van der Waals surface area contributed by atoms with Crippen molar-refractivity contribution in [3.05, 3.63) is 84.9 Å². The Hall–Kier alpha value is -5.14. The SMILES string of the molecule is Nc1cc2c(O)c(N=Nc3ccc(N=Nc4ccc5c(S(=O)(=O)O)cccc5c4)c4ccc(S(=O)(=O)O)cc34)c(SOOO)cc2cc1S(=O)(=O)O. The summed E-state index contributed by atoms with van der Waals surface area (Å²) in [5.74, 6) is -0.591. The smallest absolute Gasteiger partial charge is 0.296 e. The number of nitrogen functional groups attached to an aromatic ring is 1. The van der Waals surface area contributed by atoms with Crippen LogP contribution in [0, 0.1) is 0 Å². The van der Waals surface area contributed by atoms with Crippen LogP contribution >= 0.6 is 12.0 Å². The van der Waals surface area contributed by atoms with E-state index in [4.69, 9.17) is 11.0 Å². The van der Waals surface area contributed by atoms with Crippen LogP contribution in [0.25, 0.3) is 32.3 Å². The van der Waals surface area contributed by atoms with E-state index in [-0.39, 0.29) is 53.8 Å². The highest BCUT2D eigenvalue weighted by atomic mass is 32.2. The highest BCUT2D eigenvalue weighted by molar-refractivity contribution is 7.94. The Balaban J connectivity index is 1.47. The van der Waals surface area contributed by atoms with Gasteiger partial charge < -0.3 is 10.8 Å². The first kappa shape index (κ1) is 36.6. The summed E-state index contributed by atoms with van der Waals surface area (Å²) in [6.07, 6.45) is 0. The van der Waals surface area contributed by atoms with E-state index in [1.807, 2.05) is 0 Å². The van der Waals surface area contributed by atoms with Crippen molar-refractivity contribution in [2.75, 3.05) is 5.73 Å². The van der Waals surface area contributed by atoms with Gasteiger partial charge >= 0.3 is 0 Å². The van der Waals surface area contributed by atoms with Crippen LogP contribution in [0.1, 0.15) is 0 Å². The maximum atomic E-state index is 12.0. The fourth-order valence-corrected chi connectivity index (χ4v) is 7.55. The third-order valence-corrected chi connectivity index (χ3v) is 10.8. The molecule has 0 amide bonds. The molecule has 6 aromatic rings. The molecule has 0 atom stereocenters. The second-order valence-corrected chi connectivity index (χ2v) is 15.7. The Labute approximate surface area is 297 Å². The van der Waals surface area contributed by atoms with Crippen LogP contribution in [0.5, 0.6) is 5.75 Å². The maximum Gasteiger partial charge on any atom is 0.296 e. The van der Waals surface area contributed by atoms with Crippen LogP contribution in [0.2, 0.25) is 0 Å². The number of nitrogens with two attached hydrogens (primary N) is 1. The summed E-state index contributed by atoms with van der Waals surface area (Å²) in [6.45, 7) is 0. The van der Waals surface area contributed by atoms with Crippen molar-refractivity contribution in [2.45, 2.75) is 19.6 Å². The summed E-state index contributed by atoms with van der Waals surface area (Å²) in [6, 6.07) is 18.5. The van der Waals surface area contributed by atoms with Crippen LogP contribution < -0.4 is 5.73 Å². The summed E-state index contributed by atoms with van der Waals surface area (Å²) in [5, 5.41) is 41.4. The minimum absolute atomic E-state index is 0.00101. The second kappa shape index (κ2) is 13.8. The van der Waals surface area contributed by atoms with Crippen LogP contribution in [-0.2, 0) is 39.7 Å². The number of phenols is 1. The lowest BCUT2D eigenvalue weighted by atomic mass is 10.1. The lowest BCUT2D eigenvalue weighted by molar-refractivity contribution is -0.432. The van der Waals surface area contributed by atoms with Gasteiger partial charge in [0.1, 0.15) is 15.5 Å². The first-order valence-corrected chi connectivity index (χ1v) is 19.1. The number of anilines is 1. The van der Waals surface area contributed by atoms with Gasteiger partial charge in [-0.15, -0.1) is 19.7 Å². The Kier molecular flexibility index (Phi) is 9.71. The Bertz CT molecular complexity index is 2850. The van der Waals surface area contributed by atoms with Gasteiger partial charge in [0.05, 0.1) is 44.6 Å². The van der Waals surface area contributed by atoms with Gasteiger partial charge in [-0.1, -0.05) is 29.3 Å². The van der Waals surface area contributed by atoms with E-state index in [2.05, 4.69) is 29.8 Å². The van der Waals surface area contributed by atoms with Gasteiger partial charge in [0.2, 0.25) is 0 Å². The van der Waals surface area contributed by atoms with Gasteiger partial charge in [0, 0.05) is 21.5 Å². The summed E-state index contributed by atoms with van der Waals surface area (Å²) in [4.78, 5) is -1.51. The number of benzene rings is 6. The molecule has 6 rings (SSSR count). The monoisotopic (exact) mass is 787 g/mol. The number of fused-ring (bicyclic) bond motifs is 3. The van der Waals surface area contributed by atoms with Crippen molar-refractivity contribution in [1.82, 2.24) is 0 Å². The predicted octanol–water partition coefficient (Wildman–Crippen LogP) is 7.43. The van der Waals surface area contributed by atoms with Crippen LogP contribution in [0.4, 0.5) is 28.4 Å². The first-order valence-electron chi connectivity index (χ1n) is 14.0. The zero-order chi connectivity index (χ0) is 37.6. The van der Waals surface area contributed by atoms with Crippen molar-refractivity contribution >= 4 is 103 Å².